The van der Waals surface area contributed by atoms with Gasteiger partial charge in [-0.2, -0.15) is 11.8 Å². The van der Waals surface area contributed by atoms with Crippen molar-refractivity contribution in [2.24, 2.45) is 0 Å². The van der Waals surface area contributed by atoms with E-state index >= 15 is 0 Å². The Hall–Kier alpha value is -1.20. The summed E-state index contributed by atoms with van der Waals surface area (Å²) in [5, 5.41) is 6.31. The Kier molecular flexibility index (Phi) is 7.61. The topological polar surface area (TPSA) is 44.4 Å². The third-order valence-electron chi connectivity index (χ3n) is 3.56. The van der Waals surface area contributed by atoms with Crippen LogP contribution in [0.2, 0.25) is 0 Å². The van der Waals surface area contributed by atoms with E-state index in [1.807, 2.05) is 37.6 Å². The summed E-state index contributed by atoms with van der Waals surface area (Å²) in [5.41, 5.74) is 2.05. The van der Waals surface area contributed by atoms with Crippen LogP contribution in [0.25, 0.3) is 0 Å². The largest absolute Gasteiger partial charge is 0.324 e. The first-order chi connectivity index (χ1) is 9.99. The summed E-state index contributed by atoms with van der Waals surface area (Å²) in [7, 11) is 1.83. The van der Waals surface area contributed by atoms with Crippen LogP contribution in [-0.2, 0) is 0 Å². The molecule has 118 valence electrons. The lowest BCUT2D eigenvalue weighted by atomic mass is 10.1. The maximum atomic E-state index is 12.1. The maximum Gasteiger partial charge on any atom is 0.321 e. The number of carbonyl (C=O) groups is 1. The molecule has 2 atom stereocenters. The van der Waals surface area contributed by atoms with Gasteiger partial charge in [-0.05, 0) is 44.3 Å². The molecule has 0 saturated carbocycles. The smallest absolute Gasteiger partial charge is 0.321 e. The Bertz CT molecular complexity index is 436. The van der Waals surface area contributed by atoms with E-state index in [-0.39, 0.29) is 12.1 Å². The van der Waals surface area contributed by atoms with Crippen molar-refractivity contribution in [3.8, 4) is 0 Å². The molecule has 0 fully saturated rings. The molecule has 21 heavy (non-hydrogen) atoms. The quantitative estimate of drug-likeness (QED) is 0.809. The standard InChI is InChI=1S/C16H27N3OS/c1-6-17-13(3)14-7-9-15(10-8-14)18-16(20)19(4)12(2)11-21-5/h7-10,12-13,17H,6,11H2,1-5H3,(H,18,20). The lowest BCUT2D eigenvalue weighted by Crippen LogP contribution is -2.39. The minimum absolute atomic E-state index is 0.0657. The van der Waals surface area contributed by atoms with Crippen LogP contribution in [0, 0.1) is 0 Å². The number of amides is 2. The molecule has 0 aliphatic rings. The number of hydrogen-bond acceptors (Lipinski definition) is 3. The number of anilines is 1. The monoisotopic (exact) mass is 309 g/mol. The first kappa shape index (κ1) is 17.9. The maximum absolute atomic E-state index is 12.1. The normalized spacial score (nSPS) is 13.6. The minimum atomic E-state index is -0.0657. The molecule has 0 aromatic heterocycles. The summed E-state index contributed by atoms with van der Waals surface area (Å²) in [4.78, 5) is 13.9. The molecule has 0 saturated heterocycles. The van der Waals surface area contributed by atoms with Crippen LogP contribution in [0.3, 0.4) is 0 Å². The molecule has 1 aromatic rings. The number of urea groups is 1. The second-order valence-corrected chi connectivity index (χ2v) is 6.16. The number of nitrogens with zero attached hydrogens (tertiary/aromatic N) is 1. The molecule has 0 radical (unpaired) electrons. The van der Waals surface area contributed by atoms with Gasteiger partial charge in [-0.1, -0.05) is 19.1 Å². The average molecular weight is 309 g/mol. The van der Waals surface area contributed by atoms with Crippen molar-refractivity contribution in [2.75, 3.05) is 30.9 Å². The Morgan fingerprint density at radius 3 is 2.43 bits per heavy atom. The summed E-state index contributed by atoms with van der Waals surface area (Å²) in [6.07, 6.45) is 2.05. The molecule has 0 aliphatic heterocycles. The van der Waals surface area contributed by atoms with Gasteiger partial charge in [0.15, 0.2) is 0 Å². The Morgan fingerprint density at radius 1 is 1.29 bits per heavy atom. The van der Waals surface area contributed by atoms with Gasteiger partial charge in [-0.3, -0.25) is 0 Å². The SMILES string of the molecule is CCNC(C)c1ccc(NC(=O)N(C)C(C)CSC)cc1. The third kappa shape index (κ3) is 5.59. The molecule has 0 bridgehead atoms. The predicted octanol–water partition coefficient (Wildman–Crippen LogP) is 3.57. The third-order valence-corrected chi connectivity index (χ3v) is 4.38. The highest BCUT2D eigenvalue weighted by atomic mass is 32.2. The van der Waals surface area contributed by atoms with Crippen LogP contribution >= 0.6 is 11.8 Å². The van der Waals surface area contributed by atoms with Crippen molar-refractivity contribution in [3.63, 3.8) is 0 Å². The predicted molar refractivity (Wildman–Crippen MR) is 93.2 cm³/mol. The summed E-state index contributed by atoms with van der Waals surface area (Å²) in [5.74, 6) is 0.934. The molecule has 2 amide bonds. The minimum Gasteiger partial charge on any atom is -0.324 e. The summed E-state index contributed by atoms with van der Waals surface area (Å²) in [6, 6.07) is 8.48. The molecule has 5 heteroatoms. The van der Waals surface area contributed by atoms with Crippen LogP contribution in [0.5, 0.6) is 0 Å². The van der Waals surface area contributed by atoms with Gasteiger partial charge in [-0.25, -0.2) is 4.79 Å². The van der Waals surface area contributed by atoms with Gasteiger partial charge in [-0.15, -0.1) is 0 Å². The molecule has 1 rings (SSSR count). The first-order valence-corrected chi connectivity index (χ1v) is 8.75. The molecule has 1 aromatic carbocycles. The van der Waals surface area contributed by atoms with E-state index in [0.29, 0.717) is 6.04 Å². The van der Waals surface area contributed by atoms with E-state index < -0.39 is 0 Å². The fourth-order valence-corrected chi connectivity index (χ4v) is 2.75. The van der Waals surface area contributed by atoms with Crippen LogP contribution in [0.15, 0.2) is 24.3 Å². The summed E-state index contributed by atoms with van der Waals surface area (Å²) in [6.45, 7) is 7.22. The molecular formula is C16H27N3OS. The molecule has 0 aliphatic carbocycles. The van der Waals surface area contributed by atoms with E-state index in [0.717, 1.165) is 18.0 Å². The lowest BCUT2D eigenvalue weighted by molar-refractivity contribution is 0.212. The zero-order chi connectivity index (χ0) is 15.8. The molecule has 4 nitrogen and oxygen atoms in total. The number of hydrogen-bond donors (Lipinski definition) is 2. The lowest BCUT2D eigenvalue weighted by Gasteiger charge is -2.24. The fraction of sp³-hybridized carbons (Fsp3) is 0.562. The highest BCUT2D eigenvalue weighted by Gasteiger charge is 2.15. The van der Waals surface area contributed by atoms with Crippen molar-refractivity contribution in [2.45, 2.75) is 32.9 Å². The van der Waals surface area contributed by atoms with Gasteiger partial charge in [0.25, 0.3) is 0 Å². The molecule has 2 unspecified atom stereocenters. The molecule has 0 spiro atoms. The number of rotatable bonds is 7. The highest BCUT2D eigenvalue weighted by molar-refractivity contribution is 7.98. The van der Waals surface area contributed by atoms with Crippen LogP contribution in [0.4, 0.5) is 10.5 Å². The van der Waals surface area contributed by atoms with Gasteiger partial charge in [0.05, 0.1) is 0 Å². The van der Waals surface area contributed by atoms with Crippen molar-refractivity contribution in [1.82, 2.24) is 10.2 Å². The number of benzene rings is 1. The van der Waals surface area contributed by atoms with E-state index in [9.17, 15) is 4.79 Å². The Balaban J connectivity index is 2.61. The van der Waals surface area contributed by atoms with E-state index in [4.69, 9.17) is 0 Å². The Morgan fingerprint density at radius 2 is 1.90 bits per heavy atom. The molecular weight excluding hydrogens is 282 g/mol. The Labute approximate surface area is 132 Å². The summed E-state index contributed by atoms with van der Waals surface area (Å²) < 4.78 is 0. The summed E-state index contributed by atoms with van der Waals surface area (Å²) >= 11 is 1.74. The fourth-order valence-electron chi connectivity index (χ4n) is 2.04. The second kappa shape index (κ2) is 8.95. The zero-order valence-electron chi connectivity index (χ0n) is 13.6. The van der Waals surface area contributed by atoms with Gasteiger partial charge >= 0.3 is 6.03 Å². The highest BCUT2D eigenvalue weighted by Crippen LogP contribution is 2.16. The van der Waals surface area contributed by atoms with Crippen molar-refractivity contribution < 1.29 is 4.79 Å². The molecule has 0 heterocycles. The first-order valence-electron chi connectivity index (χ1n) is 7.35. The number of nitrogens with one attached hydrogen (secondary N) is 2. The average Bonchev–Trinajstić information content (AvgIpc) is 2.47. The van der Waals surface area contributed by atoms with Crippen molar-refractivity contribution >= 4 is 23.5 Å². The van der Waals surface area contributed by atoms with Crippen LogP contribution in [0.1, 0.15) is 32.4 Å². The van der Waals surface area contributed by atoms with Gasteiger partial charge in [0.1, 0.15) is 0 Å². The molecule has 2 N–H and O–H groups in total. The second-order valence-electron chi connectivity index (χ2n) is 5.25. The van der Waals surface area contributed by atoms with Gasteiger partial charge in [0, 0.05) is 30.6 Å². The van der Waals surface area contributed by atoms with Gasteiger partial charge < -0.3 is 15.5 Å². The van der Waals surface area contributed by atoms with Crippen molar-refractivity contribution in [1.29, 1.82) is 0 Å². The number of thioether (sulfide) groups is 1. The van der Waals surface area contributed by atoms with Crippen LogP contribution < -0.4 is 10.6 Å². The van der Waals surface area contributed by atoms with E-state index in [2.05, 4.69) is 31.4 Å². The van der Waals surface area contributed by atoms with Crippen molar-refractivity contribution in [3.05, 3.63) is 29.8 Å². The van der Waals surface area contributed by atoms with Crippen LogP contribution in [-0.4, -0.2) is 42.6 Å². The van der Waals surface area contributed by atoms with E-state index in [1.165, 1.54) is 5.56 Å². The van der Waals surface area contributed by atoms with Gasteiger partial charge in [0.2, 0.25) is 0 Å². The zero-order valence-corrected chi connectivity index (χ0v) is 14.5. The van der Waals surface area contributed by atoms with E-state index in [1.54, 1.807) is 16.7 Å². The number of carbonyl (C=O) groups excluding carboxylic acids is 1.